The highest BCUT2D eigenvalue weighted by Gasteiger charge is 2.19. The van der Waals surface area contributed by atoms with E-state index in [2.05, 4.69) is 169 Å². The van der Waals surface area contributed by atoms with E-state index in [1.807, 2.05) is 12.4 Å². The van der Waals surface area contributed by atoms with E-state index in [0.717, 1.165) is 11.1 Å². The van der Waals surface area contributed by atoms with Gasteiger partial charge in [-0.05, 0) is 106 Å². The van der Waals surface area contributed by atoms with Crippen LogP contribution in [0.1, 0.15) is 0 Å². The van der Waals surface area contributed by atoms with Crippen LogP contribution in [0.5, 0.6) is 0 Å². The number of nitrogens with zero attached hydrogens (tertiary/aromatic N) is 1. The Balaban J connectivity index is 1.39. The lowest BCUT2D eigenvalue weighted by molar-refractivity contribution is 1.33. The number of hydrogen-bond acceptors (Lipinski definition) is 1. The molecular formula is C45H29N. The van der Waals surface area contributed by atoms with E-state index in [1.54, 1.807) is 0 Å². The van der Waals surface area contributed by atoms with Crippen LogP contribution < -0.4 is 0 Å². The molecule has 46 heavy (non-hydrogen) atoms. The van der Waals surface area contributed by atoms with Crippen LogP contribution in [0.15, 0.2) is 176 Å². The van der Waals surface area contributed by atoms with Gasteiger partial charge in [0.1, 0.15) is 0 Å². The molecule has 1 nitrogen and oxygen atoms in total. The van der Waals surface area contributed by atoms with Crippen molar-refractivity contribution in [3.8, 4) is 44.5 Å². The highest BCUT2D eigenvalue weighted by molar-refractivity contribution is 6.22. The van der Waals surface area contributed by atoms with Gasteiger partial charge in [0, 0.05) is 18.0 Å². The van der Waals surface area contributed by atoms with Crippen molar-refractivity contribution in [1.29, 1.82) is 0 Å². The molecule has 0 unspecified atom stereocenters. The Morgan fingerprint density at radius 2 is 0.826 bits per heavy atom. The Morgan fingerprint density at radius 3 is 1.48 bits per heavy atom. The lowest BCUT2D eigenvalue weighted by Crippen LogP contribution is -1.93. The Morgan fingerprint density at radius 1 is 0.304 bits per heavy atom. The predicted octanol–water partition coefficient (Wildman–Crippen LogP) is 12.4. The van der Waals surface area contributed by atoms with Crippen LogP contribution in [-0.2, 0) is 0 Å². The fourth-order valence-corrected chi connectivity index (χ4v) is 7.15. The largest absolute Gasteiger partial charge is 0.264 e. The molecule has 9 rings (SSSR count). The van der Waals surface area contributed by atoms with Gasteiger partial charge < -0.3 is 0 Å². The first-order chi connectivity index (χ1) is 22.8. The molecule has 9 aromatic rings. The maximum Gasteiger partial charge on any atom is 0.0352 e. The average molecular weight is 584 g/mol. The summed E-state index contributed by atoms with van der Waals surface area (Å²) in [5.41, 5.74) is 9.61. The maximum atomic E-state index is 4.59. The number of rotatable bonds is 4. The summed E-state index contributed by atoms with van der Waals surface area (Å²) >= 11 is 0. The van der Waals surface area contributed by atoms with Gasteiger partial charge in [-0.2, -0.15) is 0 Å². The summed E-state index contributed by atoms with van der Waals surface area (Å²) in [6, 6.07) is 59.6. The summed E-state index contributed by atoms with van der Waals surface area (Å²) in [4.78, 5) is 4.59. The molecule has 8 aromatic carbocycles. The second kappa shape index (κ2) is 10.8. The smallest absolute Gasteiger partial charge is 0.0352 e. The molecule has 214 valence electrons. The number of benzene rings is 8. The number of fused-ring (bicyclic) bond motifs is 4. The minimum Gasteiger partial charge on any atom is -0.264 e. The molecule has 0 aliphatic rings. The third-order valence-electron chi connectivity index (χ3n) is 9.32. The molecule has 0 N–H and O–H groups in total. The molecule has 0 spiro atoms. The van der Waals surface area contributed by atoms with Crippen LogP contribution in [0.3, 0.4) is 0 Å². The Bertz CT molecular complexity index is 2580. The maximum absolute atomic E-state index is 4.59. The standard InChI is InChI=1S/C45H29N/c1-2-12-32(13-3-1)38-24-25-46-29-43(38)35-22-23-41-42(28-35)45(37-21-19-31-11-5-7-15-34(31)27-37)40-17-9-8-16-39(40)44(41)36-20-18-30-10-4-6-14-33(30)26-36/h1-29H. The summed E-state index contributed by atoms with van der Waals surface area (Å²) in [5, 5.41) is 9.97. The second-order valence-electron chi connectivity index (χ2n) is 12.0. The topological polar surface area (TPSA) is 12.9 Å². The molecule has 0 amide bonds. The van der Waals surface area contributed by atoms with Gasteiger partial charge in [-0.1, -0.05) is 140 Å². The van der Waals surface area contributed by atoms with E-state index in [-0.39, 0.29) is 0 Å². The zero-order chi connectivity index (χ0) is 30.5. The van der Waals surface area contributed by atoms with E-state index in [1.165, 1.54) is 76.5 Å². The van der Waals surface area contributed by atoms with Crippen molar-refractivity contribution in [2.75, 3.05) is 0 Å². The van der Waals surface area contributed by atoms with Crippen LogP contribution in [0.25, 0.3) is 87.6 Å². The normalized spacial score (nSPS) is 11.5. The Labute approximate surface area is 268 Å². The molecule has 0 saturated carbocycles. The summed E-state index contributed by atoms with van der Waals surface area (Å²) in [6.45, 7) is 0. The van der Waals surface area contributed by atoms with Crippen molar-refractivity contribution in [3.63, 3.8) is 0 Å². The molecule has 1 heteroatoms. The van der Waals surface area contributed by atoms with E-state index < -0.39 is 0 Å². The summed E-state index contributed by atoms with van der Waals surface area (Å²) in [5.74, 6) is 0. The van der Waals surface area contributed by atoms with Gasteiger partial charge in [0.2, 0.25) is 0 Å². The van der Waals surface area contributed by atoms with Gasteiger partial charge in [-0.3, -0.25) is 4.98 Å². The lowest BCUT2D eigenvalue weighted by atomic mass is 9.84. The van der Waals surface area contributed by atoms with Crippen molar-refractivity contribution in [2.24, 2.45) is 0 Å². The minimum absolute atomic E-state index is 1.13. The van der Waals surface area contributed by atoms with Gasteiger partial charge in [0.25, 0.3) is 0 Å². The number of aromatic nitrogens is 1. The highest BCUT2D eigenvalue weighted by atomic mass is 14.6. The molecule has 0 bridgehead atoms. The minimum atomic E-state index is 1.13. The summed E-state index contributed by atoms with van der Waals surface area (Å²) < 4.78 is 0. The molecule has 0 fully saturated rings. The Kier molecular flexibility index (Phi) is 6.21. The molecule has 0 atom stereocenters. The summed E-state index contributed by atoms with van der Waals surface area (Å²) in [7, 11) is 0. The van der Waals surface area contributed by atoms with Gasteiger partial charge in [-0.15, -0.1) is 0 Å². The van der Waals surface area contributed by atoms with Crippen LogP contribution in [0, 0.1) is 0 Å². The molecule has 1 aromatic heterocycles. The van der Waals surface area contributed by atoms with Crippen LogP contribution in [0.4, 0.5) is 0 Å². The zero-order valence-electron chi connectivity index (χ0n) is 25.2. The predicted molar refractivity (Wildman–Crippen MR) is 196 cm³/mol. The highest BCUT2D eigenvalue weighted by Crippen LogP contribution is 2.46. The van der Waals surface area contributed by atoms with Gasteiger partial charge >= 0.3 is 0 Å². The lowest BCUT2D eigenvalue weighted by Gasteiger charge is -2.20. The van der Waals surface area contributed by atoms with Crippen molar-refractivity contribution in [2.45, 2.75) is 0 Å². The average Bonchev–Trinajstić information content (AvgIpc) is 3.13. The van der Waals surface area contributed by atoms with E-state index >= 15 is 0 Å². The third-order valence-corrected chi connectivity index (χ3v) is 9.32. The van der Waals surface area contributed by atoms with E-state index in [0.29, 0.717) is 0 Å². The number of hydrogen-bond donors (Lipinski definition) is 0. The monoisotopic (exact) mass is 583 g/mol. The molecular weight excluding hydrogens is 555 g/mol. The second-order valence-corrected chi connectivity index (χ2v) is 12.0. The first-order valence-corrected chi connectivity index (χ1v) is 15.8. The van der Waals surface area contributed by atoms with Crippen LogP contribution >= 0.6 is 0 Å². The van der Waals surface area contributed by atoms with E-state index in [4.69, 9.17) is 0 Å². The quantitative estimate of drug-likeness (QED) is 0.188. The fraction of sp³-hybridized carbons (Fsp3) is 0. The molecule has 0 radical (unpaired) electrons. The molecule has 0 aliphatic carbocycles. The molecule has 0 aliphatic heterocycles. The van der Waals surface area contributed by atoms with Crippen LogP contribution in [-0.4, -0.2) is 4.98 Å². The first-order valence-electron chi connectivity index (χ1n) is 15.8. The van der Waals surface area contributed by atoms with Gasteiger partial charge in [0.15, 0.2) is 0 Å². The van der Waals surface area contributed by atoms with Crippen LogP contribution in [0.2, 0.25) is 0 Å². The SMILES string of the molecule is c1ccc(-c2ccncc2-c2ccc3c(-c4ccc5ccccc5c4)c4ccccc4c(-c4ccc5ccccc5c4)c3c2)cc1. The van der Waals surface area contributed by atoms with Crippen molar-refractivity contribution < 1.29 is 0 Å². The molecule has 1 heterocycles. The molecule has 0 saturated heterocycles. The van der Waals surface area contributed by atoms with Crippen molar-refractivity contribution in [1.82, 2.24) is 4.98 Å². The van der Waals surface area contributed by atoms with Gasteiger partial charge in [0.05, 0.1) is 0 Å². The fourth-order valence-electron chi connectivity index (χ4n) is 7.15. The van der Waals surface area contributed by atoms with Crippen molar-refractivity contribution in [3.05, 3.63) is 176 Å². The summed E-state index contributed by atoms with van der Waals surface area (Å²) in [6.07, 6.45) is 3.89. The first kappa shape index (κ1) is 26.4. The van der Waals surface area contributed by atoms with Gasteiger partial charge in [-0.25, -0.2) is 0 Å². The number of pyridine rings is 1. The third kappa shape index (κ3) is 4.37. The Hall–Kier alpha value is -6.05. The zero-order valence-corrected chi connectivity index (χ0v) is 25.2. The van der Waals surface area contributed by atoms with E-state index in [9.17, 15) is 0 Å². The van der Waals surface area contributed by atoms with Crippen molar-refractivity contribution >= 4 is 43.1 Å².